The first-order chi connectivity index (χ1) is 10.3. The van der Waals surface area contributed by atoms with Crippen LogP contribution in [0.25, 0.3) is 0 Å². The van der Waals surface area contributed by atoms with Gasteiger partial charge in [-0.1, -0.05) is 38.3 Å². The number of nitrogens with zero attached hydrogens (tertiary/aromatic N) is 1. The lowest BCUT2D eigenvalue weighted by atomic mass is 9.95. The van der Waals surface area contributed by atoms with Gasteiger partial charge < -0.3 is 0 Å². The predicted octanol–water partition coefficient (Wildman–Crippen LogP) is 4.05. The predicted molar refractivity (Wildman–Crippen MR) is 77.9 cm³/mol. The quantitative estimate of drug-likeness (QED) is 0.832. The second-order valence-electron chi connectivity index (χ2n) is 5.49. The zero-order valence-corrected chi connectivity index (χ0v) is 13.3. The minimum atomic E-state index is -4.68. The van der Waals surface area contributed by atoms with Crippen molar-refractivity contribution in [2.45, 2.75) is 56.1 Å². The molecule has 0 heterocycles. The van der Waals surface area contributed by atoms with E-state index >= 15 is 0 Å². The van der Waals surface area contributed by atoms with Gasteiger partial charge in [-0.05, 0) is 25.0 Å². The fourth-order valence-electron chi connectivity index (χ4n) is 3.05. The van der Waals surface area contributed by atoms with Crippen molar-refractivity contribution in [2.24, 2.45) is 0 Å². The van der Waals surface area contributed by atoms with Crippen LogP contribution in [-0.4, -0.2) is 25.3 Å². The van der Waals surface area contributed by atoms with Crippen molar-refractivity contribution in [3.05, 3.63) is 29.8 Å². The summed E-state index contributed by atoms with van der Waals surface area (Å²) in [5.74, 6) is 0. The highest BCUT2D eigenvalue weighted by atomic mass is 32.2. The molecule has 0 saturated heterocycles. The van der Waals surface area contributed by atoms with Gasteiger partial charge in [0, 0.05) is 12.6 Å². The summed E-state index contributed by atoms with van der Waals surface area (Å²) >= 11 is 0. The molecule has 1 fully saturated rings. The van der Waals surface area contributed by atoms with E-state index in [1.54, 1.807) is 6.92 Å². The van der Waals surface area contributed by atoms with E-state index in [2.05, 4.69) is 0 Å². The molecule has 7 heteroatoms. The molecule has 3 nitrogen and oxygen atoms in total. The van der Waals surface area contributed by atoms with Gasteiger partial charge in [-0.3, -0.25) is 0 Å². The van der Waals surface area contributed by atoms with Gasteiger partial charge in [0.05, 0.1) is 10.5 Å². The van der Waals surface area contributed by atoms with Crippen LogP contribution in [0.4, 0.5) is 13.2 Å². The molecule has 1 aliphatic carbocycles. The zero-order chi connectivity index (χ0) is 16.4. The molecule has 1 saturated carbocycles. The minimum absolute atomic E-state index is 0.180. The monoisotopic (exact) mass is 335 g/mol. The van der Waals surface area contributed by atoms with E-state index in [1.165, 1.54) is 16.4 Å². The summed E-state index contributed by atoms with van der Waals surface area (Å²) in [5.41, 5.74) is -1.09. The van der Waals surface area contributed by atoms with Crippen LogP contribution in [0.5, 0.6) is 0 Å². The van der Waals surface area contributed by atoms with Crippen molar-refractivity contribution in [3.8, 4) is 0 Å². The first-order valence-electron chi connectivity index (χ1n) is 7.46. The van der Waals surface area contributed by atoms with Crippen LogP contribution in [0.1, 0.15) is 44.6 Å². The second-order valence-corrected chi connectivity index (χ2v) is 7.35. The molecule has 1 aromatic carbocycles. The van der Waals surface area contributed by atoms with Gasteiger partial charge in [-0.25, -0.2) is 8.42 Å². The number of benzene rings is 1. The molecule has 0 spiro atoms. The molecule has 124 valence electrons. The molecule has 1 aromatic rings. The smallest absolute Gasteiger partial charge is 0.207 e. The molecule has 0 amide bonds. The fourth-order valence-corrected chi connectivity index (χ4v) is 4.95. The van der Waals surface area contributed by atoms with E-state index in [0.29, 0.717) is 12.8 Å². The van der Waals surface area contributed by atoms with Crippen LogP contribution in [0.3, 0.4) is 0 Å². The molecule has 1 aliphatic rings. The lowest BCUT2D eigenvalue weighted by Gasteiger charge is -2.33. The van der Waals surface area contributed by atoms with Crippen molar-refractivity contribution in [1.82, 2.24) is 4.31 Å². The lowest BCUT2D eigenvalue weighted by molar-refractivity contribution is -0.139. The molecule has 0 aliphatic heterocycles. The van der Waals surface area contributed by atoms with Crippen LogP contribution in [-0.2, 0) is 16.2 Å². The molecule has 22 heavy (non-hydrogen) atoms. The number of halogens is 3. The summed E-state index contributed by atoms with van der Waals surface area (Å²) < 4.78 is 66.1. The molecule has 0 unspecified atom stereocenters. The minimum Gasteiger partial charge on any atom is -0.207 e. The van der Waals surface area contributed by atoms with Crippen LogP contribution >= 0.6 is 0 Å². The molecular formula is C15H20F3NO2S. The van der Waals surface area contributed by atoms with Gasteiger partial charge in [0.2, 0.25) is 10.0 Å². The third-order valence-corrected chi connectivity index (χ3v) is 6.16. The average Bonchev–Trinajstić information content (AvgIpc) is 2.48. The summed E-state index contributed by atoms with van der Waals surface area (Å²) in [6, 6.07) is 4.20. The van der Waals surface area contributed by atoms with E-state index in [1.807, 2.05) is 0 Å². The average molecular weight is 335 g/mol. The Morgan fingerprint density at radius 1 is 1.14 bits per heavy atom. The zero-order valence-electron chi connectivity index (χ0n) is 12.4. The van der Waals surface area contributed by atoms with Crippen LogP contribution < -0.4 is 0 Å². The maximum Gasteiger partial charge on any atom is 0.417 e. The number of alkyl halides is 3. The van der Waals surface area contributed by atoms with Crippen LogP contribution in [0, 0.1) is 0 Å². The number of hydrogen-bond donors (Lipinski definition) is 0. The molecule has 2 rings (SSSR count). The third-order valence-electron chi connectivity index (χ3n) is 4.07. The van der Waals surface area contributed by atoms with Crippen LogP contribution in [0.15, 0.2) is 29.2 Å². The normalized spacial score (nSPS) is 17.9. The maximum absolute atomic E-state index is 13.1. The van der Waals surface area contributed by atoms with Gasteiger partial charge in [-0.15, -0.1) is 0 Å². The molecule has 0 N–H and O–H groups in total. The summed E-state index contributed by atoms with van der Waals surface area (Å²) in [5, 5.41) is 0. The maximum atomic E-state index is 13.1. The highest BCUT2D eigenvalue weighted by Gasteiger charge is 2.40. The highest BCUT2D eigenvalue weighted by Crippen LogP contribution is 2.36. The number of sulfonamides is 1. The van der Waals surface area contributed by atoms with E-state index in [-0.39, 0.29) is 12.6 Å². The molecule has 0 atom stereocenters. The molecule has 0 bridgehead atoms. The third kappa shape index (κ3) is 3.46. The van der Waals surface area contributed by atoms with Gasteiger partial charge in [-0.2, -0.15) is 17.5 Å². The van der Waals surface area contributed by atoms with Gasteiger partial charge >= 0.3 is 6.18 Å². The van der Waals surface area contributed by atoms with Crippen molar-refractivity contribution in [2.75, 3.05) is 6.54 Å². The first kappa shape index (κ1) is 17.3. The molecular weight excluding hydrogens is 315 g/mol. The Kier molecular flexibility index (Phi) is 5.17. The van der Waals surface area contributed by atoms with Gasteiger partial charge in [0.15, 0.2) is 0 Å². The van der Waals surface area contributed by atoms with E-state index in [0.717, 1.165) is 31.4 Å². The Morgan fingerprint density at radius 2 is 1.73 bits per heavy atom. The Morgan fingerprint density at radius 3 is 2.27 bits per heavy atom. The first-order valence-corrected chi connectivity index (χ1v) is 8.90. The second kappa shape index (κ2) is 6.58. The summed E-state index contributed by atoms with van der Waals surface area (Å²) in [6.45, 7) is 1.85. The molecule has 0 radical (unpaired) electrons. The Bertz CT molecular complexity index is 607. The summed E-state index contributed by atoms with van der Waals surface area (Å²) in [7, 11) is -4.15. The largest absolute Gasteiger partial charge is 0.417 e. The van der Waals surface area contributed by atoms with Crippen molar-refractivity contribution < 1.29 is 21.6 Å². The Labute approximate surface area is 129 Å². The highest BCUT2D eigenvalue weighted by molar-refractivity contribution is 7.89. The Hall–Kier alpha value is -1.08. The van der Waals surface area contributed by atoms with Crippen molar-refractivity contribution in [3.63, 3.8) is 0 Å². The van der Waals surface area contributed by atoms with Crippen LogP contribution in [0.2, 0.25) is 0 Å². The van der Waals surface area contributed by atoms with Crippen molar-refractivity contribution >= 4 is 10.0 Å². The summed E-state index contributed by atoms with van der Waals surface area (Å²) in [4.78, 5) is -0.644. The number of rotatable bonds is 4. The molecule has 0 aromatic heterocycles. The van der Waals surface area contributed by atoms with E-state index < -0.39 is 26.7 Å². The lowest BCUT2D eigenvalue weighted by Crippen LogP contribution is -2.41. The summed E-state index contributed by atoms with van der Waals surface area (Å²) in [6.07, 6.45) is -0.388. The van der Waals surface area contributed by atoms with E-state index in [4.69, 9.17) is 0 Å². The fraction of sp³-hybridized carbons (Fsp3) is 0.600. The SMILES string of the molecule is CCN(C1CCCCC1)S(=O)(=O)c1ccccc1C(F)(F)F. The Balaban J connectivity index is 2.45. The van der Waals surface area contributed by atoms with E-state index in [9.17, 15) is 21.6 Å². The van der Waals surface area contributed by atoms with Gasteiger partial charge in [0.1, 0.15) is 0 Å². The van der Waals surface area contributed by atoms with Gasteiger partial charge in [0.25, 0.3) is 0 Å². The van der Waals surface area contributed by atoms with Crippen molar-refractivity contribution in [1.29, 1.82) is 0 Å². The topological polar surface area (TPSA) is 37.4 Å². The standard InChI is InChI=1S/C15H20F3NO2S/c1-2-19(12-8-4-3-5-9-12)22(20,21)14-11-7-6-10-13(14)15(16,17)18/h6-7,10-12H,2-5,8-9H2,1H3. The number of hydrogen-bond acceptors (Lipinski definition) is 2.